The Bertz CT molecular complexity index is 393. The molecule has 3 rings (SSSR count). The fourth-order valence-electron chi connectivity index (χ4n) is 2.82. The lowest BCUT2D eigenvalue weighted by Crippen LogP contribution is -2.41. The minimum Gasteiger partial charge on any atom is -0.381 e. The summed E-state index contributed by atoms with van der Waals surface area (Å²) in [6, 6.07) is 0. The van der Waals surface area contributed by atoms with Gasteiger partial charge in [-0.2, -0.15) is 4.98 Å². The molecule has 0 aromatic carbocycles. The Hall–Kier alpha value is -0.940. The first-order valence-corrected chi connectivity index (χ1v) is 6.88. The molecule has 5 heteroatoms. The van der Waals surface area contributed by atoms with Crippen molar-refractivity contribution in [3.8, 4) is 0 Å². The van der Waals surface area contributed by atoms with Crippen LogP contribution in [0.15, 0.2) is 4.52 Å². The van der Waals surface area contributed by atoms with E-state index in [1.54, 1.807) is 0 Å². The van der Waals surface area contributed by atoms with Gasteiger partial charge in [0.1, 0.15) is 0 Å². The van der Waals surface area contributed by atoms with E-state index in [2.05, 4.69) is 22.4 Å². The third-order valence-corrected chi connectivity index (χ3v) is 4.08. The first kappa shape index (κ1) is 12.1. The summed E-state index contributed by atoms with van der Waals surface area (Å²) >= 11 is 0. The van der Waals surface area contributed by atoms with Gasteiger partial charge in [0.2, 0.25) is 5.89 Å². The summed E-state index contributed by atoms with van der Waals surface area (Å²) in [5, 5.41) is 7.54. The Morgan fingerprint density at radius 2 is 2.44 bits per heavy atom. The zero-order chi connectivity index (χ0) is 12.4. The quantitative estimate of drug-likeness (QED) is 0.877. The fraction of sp³-hybridized carbons (Fsp3) is 0.846. The molecule has 2 saturated heterocycles. The van der Waals surface area contributed by atoms with Gasteiger partial charge in [-0.1, -0.05) is 5.16 Å². The second kappa shape index (κ2) is 4.97. The number of hydrogen-bond donors (Lipinski definition) is 1. The highest BCUT2D eigenvalue weighted by Crippen LogP contribution is 2.29. The Kier molecular flexibility index (Phi) is 3.35. The van der Waals surface area contributed by atoms with E-state index in [9.17, 15) is 0 Å². The van der Waals surface area contributed by atoms with Gasteiger partial charge in [0.05, 0.1) is 5.41 Å². The van der Waals surface area contributed by atoms with E-state index in [0.29, 0.717) is 5.92 Å². The highest BCUT2D eigenvalue weighted by Gasteiger charge is 2.34. The van der Waals surface area contributed by atoms with Gasteiger partial charge < -0.3 is 14.6 Å². The molecule has 100 valence electrons. The van der Waals surface area contributed by atoms with E-state index in [0.717, 1.165) is 57.3 Å². The molecule has 5 nitrogen and oxygen atoms in total. The monoisotopic (exact) mass is 251 g/mol. The van der Waals surface area contributed by atoms with E-state index in [-0.39, 0.29) is 5.41 Å². The lowest BCUT2D eigenvalue weighted by Gasteiger charge is -2.30. The largest absolute Gasteiger partial charge is 0.381 e. The molecule has 0 spiro atoms. The van der Waals surface area contributed by atoms with Gasteiger partial charge in [-0.05, 0) is 38.6 Å². The number of nitrogens with one attached hydrogen (secondary N) is 1. The summed E-state index contributed by atoms with van der Waals surface area (Å²) in [7, 11) is 0. The second-order valence-corrected chi connectivity index (χ2v) is 5.79. The molecule has 2 atom stereocenters. The van der Waals surface area contributed by atoms with E-state index in [1.165, 1.54) is 6.42 Å². The van der Waals surface area contributed by atoms with Crippen LogP contribution in [-0.4, -0.2) is 36.4 Å². The van der Waals surface area contributed by atoms with Crippen LogP contribution in [0.4, 0.5) is 0 Å². The number of aromatic nitrogens is 2. The molecule has 2 unspecified atom stereocenters. The van der Waals surface area contributed by atoms with Crippen LogP contribution < -0.4 is 5.32 Å². The molecule has 2 aliphatic rings. The highest BCUT2D eigenvalue weighted by atomic mass is 16.5. The first-order chi connectivity index (χ1) is 8.76. The van der Waals surface area contributed by atoms with Gasteiger partial charge in [0.25, 0.3) is 0 Å². The third-order valence-electron chi connectivity index (χ3n) is 4.08. The van der Waals surface area contributed by atoms with Crippen LogP contribution >= 0.6 is 0 Å². The smallest absolute Gasteiger partial charge is 0.233 e. The van der Waals surface area contributed by atoms with Crippen LogP contribution in [0.1, 0.15) is 37.9 Å². The standard InChI is InChI=1S/C13H21N3O2/c1-13(4-2-5-14-9-13)12-15-11(16-18-12)7-10-3-6-17-8-10/h10,14H,2-9H2,1H3. The molecule has 0 radical (unpaired) electrons. The highest BCUT2D eigenvalue weighted by molar-refractivity contribution is 5.06. The number of piperidine rings is 1. The van der Waals surface area contributed by atoms with Crippen molar-refractivity contribution in [3.63, 3.8) is 0 Å². The van der Waals surface area contributed by atoms with Gasteiger partial charge in [-0.25, -0.2) is 0 Å². The fourth-order valence-corrected chi connectivity index (χ4v) is 2.82. The van der Waals surface area contributed by atoms with Gasteiger partial charge in [-0.15, -0.1) is 0 Å². The molecular weight excluding hydrogens is 230 g/mol. The zero-order valence-corrected chi connectivity index (χ0v) is 10.9. The number of ether oxygens (including phenoxy) is 1. The number of nitrogens with zero attached hydrogens (tertiary/aromatic N) is 2. The molecule has 0 bridgehead atoms. The predicted octanol–water partition coefficient (Wildman–Crippen LogP) is 1.29. The summed E-state index contributed by atoms with van der Waals surface area (Å²) in [6.07, 6.45) is 4.29. The van der Waals surface area contributed by atoms with Crippen LogP contribution in [0.3, 0.4) is 0 Å². The topological polar surface area (TPSA) is 60.2 Å². The van der Waals surface area contributed by atoms with Crippen molar-refractivity contribution in [2.24, 2.45) is 5.92 Å². The summed E-state index contributed by atoms with van der Waals surface area (Å²) in [5.41, 5.74) is 0.00960. The second-order valence-electron chi connectivity index (χ2n) is 5.79. The van der Waals surface area contributed by atoms with Gasteiger partial charge >= 0.3 is 0 Å². The predicted molar refractivity (Wildman–Crippen MR) is 66.4 cm³/mol. The maximum atomic E-state index is 5.48. The van der Waals surface area contributed by atoms with Crippen LogP contribution in [0, 0.1) is 5.92 Å². The van der Waals surface area contributed by atoms with Crippen molar-refractivity contribution in [1.29, 1.82) is 0 Å². The van der Waals surface area contributed by atoms with Gasteiger partial charge in [0, 0.05) is 26.2 Å². The van der Waals surface area contributed by atoms with E-state index in [1.807, 2.05) is 0 Å². The average molecular weight is 251 g/mol. The minimum atomic E-state index is 0.00960. The third kappa shape index (κ3) is 2.42. The van der Waals surface area contributed by atoms with Crippen molar-refractivity contribution < 1.29 is 9.26 Å². The molecule has 1 aromatic heterocycles. The molecule has 0 amide bonds. The summed E-state index contributed by atoms with van der Waals surface area (Å²) in [5.74, 6) is 2.20. The van der Waals surface area contributed by atoms with E-state index < -0.39 is 0 Å². The van der Waals surface area contributed by atoms with Crippen molar-refractivity contribution in [2.75, 3.05) is 26.3 Å². The molecule has 2 fully saturated rings. The Labute approximate surface area is 107 Å². The summed E-state index contributed by atoms with van der Waals surface area (Å²) < 4.78 is 10.9. The summed E-state index contributed by atoms with van der Waals surface area (Å²) in [4.78, 5) is 4.60. The molecule has 2 aliphatic heterocycles. The molecule has 0 saturated carbocycles. The van der Waals surface area contributed by atoms with Crippen LogP contribution in [0.2, 0.25) is 0 Å². The average Bonchev–Trinajstić information content (AvgIpc) is 3.02. The SMILES string of the molecule is CC1(c2nc(CC3CCOC3)no2)CCCNC1. The van der Waals surface area contributed by atoms with Crippen LogP contribution in [0.25, 0.3) is 0 Å². The Morgan fingerprint density at radius 3 is 3.17 bits per heavy atom. The lowest BCUT2D eigenvalue weighted by molar-refractivity contribution is 0.185. The van der Waals surface area contributed by atoms with Crippen molar-refractivity contribution in [2.45, 2.75) is 38.0 Å². The van der Waals surface area contributed by atoms with Gasteiger partial charge in [-0.3, -0.25) is 0 Å². The maximum Gasteiger partial charge on any atom is 0.233 e. The van der Waals surface area contributed by atoms with Crippen molar-refractivity contribution in [1.82, 2.24) is 15.5 Å². The zero-order valence-electron chi connectivity index (χ0n) is 10.9. The maximum absolute atomic E-state index is 5.48. The molecule has 0 aliphatic carbocycles. The van der Waals surface area contributed by atoms with Crippen LogP contribution in [0.5, 0.6) is 0 Å². The van der Waals surface area contributed by atoms with E-state index in [4.69, 9.17) is 9.26 Å². The van der Waals surface area contributed by atoms with Gasteiger partial charge in [0.15, 0.2) is 5.82 Å². The minimum absolute atomic E-state index is 0.00960. The number of hydrogen-bond acceptors (Lipinski definition) is 5. The Balaban J connectivity index is 1.68. The molecule has 3 heterocycles. The molecule has 18 heavy (non-hydrogen) atoms. The van der Waals surface area contributed by atoms with Crippen LogP contribution in [-0.2, 0) is 16.6 Å². The normalized spacial score (nSPS) is 32.8. The van der Waals surface area contributed by atoms with E-state index >= 15 is 0 Å². The summed E-state index contributed by atoms with van der Waals surface area (Å²) in [6.45, 7) is 5.94. The molecule has 1 aromatic rings. The van der Waals surface area contributed by atoms with Crippen molar-refractivity contribution in [3.05, 3.63) is 11.7 Å². The van der Waals surface area contributed by atoms with Crippen molar-refractivity contribution >= 4 is 0 Å². The Morgan fingerprint density at radius 1 is 1.50 bits per heavy atom. The number of rotatable bonds is 3. The molecular formula is C13H21N3O2. The lowest BCUT2D eigenvalue weighted by atomic mass is 9.83. The molecule has 1 N–H and O–H groups in total. The first-order valence-electron chi connectivity index (χ1n) is 6.88.